The van der Waals surface area contributed by atoms with Crippen LogP contribution < -0.4 is 11.1 Å². The number of aromatic nitrogens is 2. The second-order valence-electron chi connectivity index (χ2n) is 5.43. The number of rotatable bonds is 5. The Morgan fingerprint density at radius 2 is 1.84 bits per heavy atom. The van der Waals surface area contributed by atoms with Gasteiger partial charge in [-0.15, -0.1) is 0 Å². The third kappa shape index (κ3) is 4.13. The first-order valence-corrected chi connectivity index (χ1v) is 8.31. The molecule has 0 radical (unpaired) electrons. The molecule has 0 atom stereocenters. The van der Waals surface area contributed by atoms with Gasteiger partial charge < -0.3 is 11.1 Å². The molecular formula is C18H15BrN4O2. The molecule has 126 valence electrons. The largest absolute Gasteiger partial charge is 0.369 e. The molecule has 3 rings (SSSR count). The molecular weight excluding hydrogens is 384 g/mol. The number of halogens is 1. The van der Waals surface area contributed by atoms with E-state index in [2.05, 4.69) is 31.4 Å². The Morgan fingerprint density at radius 1 is 1.12 bits per heavy atom. The van der Waals surface area contributed by atoms with Crippen LogP contribution in [-0.2, 0) is 11.2 Å². The minimum atomic E-state index is -0.458. The lowest BCUT2D eigenvalue weighted by molar-refractivity contribution is -0.117. The van der Waals surface area contributed by atoms with Gasteiger partial charge in [-0.2, -0.15) is 5.10 Å². The monoisotopic (exact) mass is 398 g/mol. The van der Waals surface area contributed by atoms with E-state index in [9.17, 15) is 9.59 Å². The average Bonchev–Trinajstić information content (AvgIpc) is 3.07. The van der Waals surface area contributed by atoms with Crippen molar-refractivity contribution < 1.29 is 9.59 Å². The predicted octanol–water partition coefficient (Wildman–Crippen LogP) is 3.12. The molecule has 25 heavy (non-hydrogen) atoms. The fourth-order valence-electron chi connectivity index (χ4n) is 2.38. The SMILES string of the molecule is NC(=O)Cc1ccccc1NC(=O)c1cc(-c2ccc(Br)cc2)n[nH]1. The van der Waals surface area contributed by atoms with E-state index in [0.717, 1.165) is 10.0 Å². The van der Waals surface area contributed by atoms with Crippen LogP contribution in [0.2, 0.25) is 0 Å². The third-order valence-corrected chi connectivity index (χ3v) is 4.12. The van der Waals surface area contributed by atoms with Gasteiger partial charge in [0.15, 0.2) is 0 Å². The van der Waals surface area contributed by atoms with E-state index in [1.807, 2.05) is 24.3 Å². The molecule has 0 aliphatic carbocycles. The van der Waals surface area contributed by atoms with Crippen molar-refractivity contribution in [3.05, 3.63) is 70.3 Å². The summed E-state index contributed by atoms with van der Waals surface area (Å²) < 4.78 is 0.968. The van der Waals surface area contributed by atoms with Gasteiger partial charge in [0, 0.05) is 15.7 Å². The number of primary amides is 1. The van der Waals surface area contributed by atoms with E-state index >= 15 is 0 Å². The quantitative estimate of drug-likeness (QED) is 0.615. The van der Waals surface area contributed by atoms with Gasteiger partial charge in [0.05, 0.1) is 12.1 Å². The van der Waals surface area contributed by atoms with E-state index in [1.165, 1.54) is 0 Å². The Kier molecular flexibility index (Phi) is 4.95. The minimum Gasteiger partial charge on any atom is -0.369 e. The van der Waals surface area contributed by atoms with Crippen LogP contribution in [0.1, 0.15) is 16.1 Å². The van der Waals surface area contributed by atoms with E-state index in [-0.39, 0.29) is 12.3 Å². The summed E-state index contributed by atoms with van der Waals surface area (Å²) in [5.41, 5.74) is 8.34. The van der Waals surface area contributed by atoms with E-state index in [4.69, 9.17) is 5.73 Å². The van der Waals surface area contributed by atoms with Crippen LogP contribution in [0.25, 0.3) is 11.3 Å². The number of para-hydroxylation sites is 1. The molecule has 0 aliphatic rings. The van der Waals surface area contributed by atoms with Crippen molar-refractivity contribution in [3.63, 3.8) is 0 Å². The summed E-state index contributed by atoms with van der Waals surface area (Å²) in [7, 11) is 0. The highest BCUT2D eigenvalue weighted by Crippen LogP contribution is 2.21. The van der Waals surface area contributed by atoms with Crippen molar-refractivity contribution in [2.75, 3.05) is 5.32 Å². The Labute approximate surface area is 152 Å². The Bertz CT molecular complexity index is 919. The van der Waals surface area contributed by atoms with Crippen LogP contribution in [0.4, 0.5) is 5.69 Å². The van der Waals surface area contributed by atoms with Crippen LogP contribution in [0.5, 0.6) is 0 Å². The van der Waals surface area contributed by atoms with Gasteiger partial charge in [-0.1, -0.05) is 46.3 Å². The van der Waals surface area contributed by atoms with Crippen LogP contribution >= 0.6 is 15.9 Å². The number of aromatic amines is 1. The number of nitrogens with one attached hydrogen (secondary N) is 2. The van der Waals surface area contributed by atoms with Crippen molar-refractivity contribution in [2.45, 2.75) is 6.42 Å². The highest BCUT2D eigenvalue weighted by Gasteiger charge is 2.13. The fourth-order valence-corrected chi connectivity index (χ4v) is 2.64. The second-order valence-corrected chi connectivity index (χ2v) is 6.34. The van der Waals surface area contributed by atoms with E-state index < -0.39 is 5.91 Å². The average molecular weight is 399 g/mol. The van der Waals surface area contributed by atoms with Crippen molar-refractivity contribution in [1.29, 1.82) is 0 Å². The summed E-state index contributed by atoms with van der Waals surface area (Å²) in [4.78, 5) is 23.6. The number of H-pyrrole nitrogens is 1. The van der Waals surface area contributed by atoms with Gasteiger partial charge in [-0.3, -0.25) is 14.7 Å². The maximum absolute atomic E-state index is 12.4. The standard InChI is InChI=1S/C18H15BrN4O2/c19-13-7-5-11(6-8-13)15-10-16(23-22-15)18(25)21-14-4-2-1-3-12(14)9-17(20)24/h1-8,10H,9H2,(H2,20,24)(H,21,25)(H,22,23). The molecule has 0 saturated carbocycles. The van der Waals surface area contributed by atoms with Crippen molar-refractivity contribution in [1.82, 2.24) is 10.2 Å². The number of benzene rings is 2. The molecule has 2 amide bonds. The predicted molar refractivity (Wildman–Crippen MR) is 99.0 cm³/mol. The van der Waals surface area contributed by atoms with Crippen LogP contribution in [0, 0.1) is 0 Å². The molecule has 0 saturated heterocycles. The van der Waals surface area contributed by atoms with Gasteiger partial charge in [0.2, 0.25) is 5.91 Å². The Balaban J connectivity index is 1.79. The van der Waals surface area contributed by atoms with Gasteiger partial charge in [-0.25, -0.2) is 0 Å². The van der Waals surface area contributed by atoms with Crippen molar-refractivity contribution in [3.8, 4) is 11.3 Å². The Morgan fingerprint density at radius 3 is 2.56 bits per heavy atom. The number of nitrogens with two attached hydrogens (primary N) is 1. The number of anilines is 1. The molecule has 0 spiro atoms. The molecule has 1 heterocycles. The van der Waals surface area contributed by atoms with Gasteiger partial charge in [0.1, 0.15) is 5.69 Å². The highest BCUT2D eigenvalue weighted by molar-refractivity contribution is 9.10. The minimum absolute atomic E-state index is 0.0591. The number of hydrogen-bond acceptors (Lipinski definition) is 3. The maximum Gasteiger partial charge on any atom is 0.273 e. The zero-order chi connectivity index (χ0) is 17.8. The summed E-state index contributed by atoms with van der Waals surface area (Å²) in [5, 5.41) is 9.69. The molecule has 0 bridgehead atoms. The normalized spacial score (nSPS) is 10.4. The maximum atomic E-state index is 12.4. The molecule has 7 heteroatoms. The first-order valence-electron chi connectivity index (χ1n) is 7.52. The fraction of sp³-hybridized carbons (Fsp3) is 0.0556. The Hall–Kier alpha value is -2.93. The number of carbonyl (C=O) groups is 2. The van der Waals surface area contributed by atoms with Crippen molar-refractivity contribution >= 4 is 33.4 Å². The number of carbonyl (C=O) groups excluding carboxylic acids is 2. The summed E-state index contributed by atoms with van der Waals surface area (Å²) in [6, 6.07) is 16.3. The molecule has 4 N–H and O–H groups in total. The second kappa shape index (κ2) is 7.31. The lowest BCUT2D eigenvalue weighted by atomic mass is 10.1. The molecule has 0 aliphatic heterocycles. The molecule has 3 aromatic rings. The summed E-state index contributed by atoms with van der Waals surface area (Å²) in [6.07, 6.45) is 0.0591. The van der Waals surface area contributed by atoms with Crippen LogP contribution in [0.3, 0.4) is 0 Å². The van der Waals surface area contributed by atoms with E-state index in [0.29, 0.717) is 22.6 Å². The molecule has 0 unspecified atom stereocenters. The molecule has 1 aromatic heterocycles. The number of hydrogen-bond donors (Lipinski definition) is 3. The lowest BCUT2D eigenvalue weighted by Gasteiger charge is -2.08. The van der Waals surface area contributed by atoms with Crippen LogP contribution in [0.15, 0.2) is 59.1 Å². The lowest BCUT2D eigenvalue weighted by Crippen LogP contribution is -2.17. The first-order chi connectivity index (χ1) is 12.0. The molecule has 0 fully saturated rings. The van der Waals surface area contributed by atoms with Gasteiger partial charge in [0.25, 0.3) is 5.91 Å². The molecule has 6 nitrogen and oxygen atoms in total. The topological polar surface area (TPSA) is 101 Å². The summed E-state index contributed by atoms with van der Waals surface area (Å²) >= 11 is 3.38. The third-order valence-electron chi connectivity index (χ3n) is 3.59. The highest BCUT2D eigenvalue weighted by atomic mass is 79.9. The zero-order valence-electron chi connectivity index (χ0n) is 13.1. The first kappa shape index (κ1) is 16.9. The number of amides is 2. The van der Waals surface area contributed by atoms with Crippen molar-refractivity contribution in [2.24, 2.45) is 5.73 Å². The zero-order valence-corrected chi connectivity index (χ0v) is 14.7. The van der Waals surface area contributed by atoms with Gasteiger partial charge >= 0.3 is 0 Å². The van der Waals surface area contributed by atoms with Crippen LogP contribution in [-0.4, -0.2) is 22.0 Å². The van der Waals surface area contributed by atoms with E-state index in [1.54, 1.807) is 30.3 Å². The summed E-state index contributed by atoms with van der Waals surface area (Å²) in [5.74, 6) is -0.798. The number of nitrogens with zero attached hydrogens (tertiary/aromatic N) is 1. The van der Waals surface area contributed by atoms with Gasteiger partial charge in [-0.05, 0) is 29.8 Å². The smallest absolute Gasteiger partial charge is 0.273 e. The summed E-state index contributed by atoms with van der Waals surface area (Å²) in [6.45, 7) is 0. The molecule has 2 aromatic carbocycles.